The number of nitro groups is 1. The Balaban J connectivity index is 3.20. The molecule has 1 rings (SSSR count). The highest BCUT2D eigenvalue weighted by atomic mass is 16.6. The predicted molar refractivity (Wildman–Crippen MR) is 59.0 cm³/mol. The summed E-state index contributed by atoms with van der Waals surface area (Å²) in [5.41, 5.74) is 0.593. The second-order valence-electron chi connectivity index (χ2n) is 3.32. The van der Waals surface area contributed by atoms with Crippen LogP contribution in [0.1, 0.15) is 19.4 Å². The first kappa shape index (κ1) is 11.9. The van der Waals surface area contributed by atoms with Crippen molar-refractivity contribution in [3.8, 4) is 0 Å². The number of aliphatic hydroxyl groups excluding tert-OH is 1. The average Bonchev–Trinajstić information content (AvgIpc) is 2.17. The zero-order valence-electron chi connectivity index (χ0n) is 8.93. The van der Waals surface area contributed by atoms with Gasteiger partial charge in [-0.2, -0.15) is 0 Å². The molecule has 0 unspecified atom stereocenters. The molecular weight excluding hydrogens is 210 g/mol. The predicted octanol–water partition coefficient (Wildman–Crippen LogP) is 2.47. The van der Waals surface area contributed by atoms with Gasteiger partial charge in [-0.1, -0.05) is 0 Å². The van der Waals surface area contributed by atoms with Crippen molar-refractivity contribution in [2.75, 3.05) is 0 Å². The van der Waals surface area contributed by atoms with Crippen molar-refractivity contribution in [1.29, 1.82) is 0 Å². The summed E-state index contributed by atoms with van der Waals surface area (Å²) in [5, 5.41) is 19.8. The highest BCUT2D eigenvalue weighted by Gasteiger charge is 2.12. The van der Waals surface area contributed by atoms with Gasteiger partial charge in [0.15, 0.2) is 5.78 Å². The third kappa shape index (κ3) is 2.44. The minimum absolute atomic E-state index is 0.0535. The first-order valence-corrected chi connectivity index (χ1v) is 4.59. The summed E-state index contributed by atoms with van der Waals surface area (Å²) in [5.74, 6) is -0.379. The number of Topliss-reactive ketones (excluding diaryl/α,β-unsaturated/α-hetero) is 1. The summed E-state index contributed by atoms with van der Waals surface area (Å²) in [6.45, 7) is 2.73. The number of hydrogen-bond donors (Lipinski definition) is 1. The van der Waals surface area contributed by atoms with E-state index in [1.165, 1.54) is 38.1 Å². The highest BCUT2D eigenvalue weighted by molar-refractivity contribution is 6.20. The Kier molecular flexibility index (Phi) is 3.40. The smallest absolute Gasteiger partial charge is 0.269 e. The van der Waals surface area contributed by atoms with Crippen LogP contribution in [0.5, 0.6) is 0 Å². The molecule has 1 N–H and O–H groups in total. The van der Waals surface area contributed by atoms with Crippen LogP contribution in [0.15, 0.2) is 30.0 Å². The van der Waals surface area contributed by atoms with E-state index in [0.717, 1.165) is 0 Å². The van der Waals surface area contributed by atoms with Gasteiger partial charge in [0, 0.05) is 12.1 Å². The fourth-order valence-corrected chi connectivity index (χ4v) is 1.42. The van der Waals surface area contributed by atoms with Gasteiger partial charge in [-0.15, -0.1) is 0 Å². The van der Waals surface area contributed by atoms with E-state index in [0.29, 0.717) is 5.56 Å². The lowest BCUT2D eigenvalue weighted by Crippen LogP contribution is -1.99. The molecule has 0 aliphatic heterocycles. The standard InChI is InChI=1S/C11H11NO4/c1-7(13)11(8(2)14)9-3-5-10(6-4-9)12(15)16/h3-6,13H,1-2H3/b11-7+. The van der Waals surface area contributed by atoms with Gasteiger partial charge in [-0.3, -0.25) is 14.9 Å². The molecule has 0 heterocycles. The number of ketones is 1. The van der Waals surface area contributed by atoms with E-state index in [1.54, 1.807) is 0 Å². The van der Waals surface area contributed by atoms with Crippen LogP contribution in [0.4, 0.5) is 5.69 Å². The molecule has 5 nitrogen and oxygen atoms in total. The topological polar surface area (TPSA) is 80.4 Å². The molecule has 0 saturated heterocycles. The van der Waals surface area contributed by atoms with Crippen molar-refractivity contribution in [1.82, 2.24) is 0 Å². The largest absolute Gasteiger partial charge is 0.512 e. The van der Waals surface area contributed by atoms with Crippen LogP contribution in [-0.2, 0) is 4.79 Å². The van der Waals surface area contributed by atoms with Crippen molar-refractivity contribution >= 4 is 17.0 Å². The molecule has 0 spiro atoms. The maximum Gasteiger partial charge on any atom is 0.269 e. The minimum atomic E-state index is -0.521. The number of carbonyl (C=O) groups excluding carboxylic acids is 1. The molecule has 0 bridgehead atoms. The summed E-state index contributed by atoms with van der Waals surface area (Å²) < 4.78 is 0. The number of rotatable bonds is 3. The lowest BCUT2D eigenvalue weighted by molar-refractivity contribution is -0.384. The van der Waals surface area contributed by atoms with E-state index in [-0.39, 0.29) is 22.8 Å². The molecule has 16 heavy (non-hydrogen) atoms. The first-order chi connectivity index (χ1) is 7.43. The van der Waals surface area contributed by atoms with E-state index in [2.05, 4.69) is 0 Å². The van der Waals surface area contributed by atoms with E-state index in [4.69, 9.17) is 0 Å². The van der Waals surface area contributed by atoms with Gasteiger partial charge in [0.05, 0.1) is 10.5 Å². The molecule has 1 aromatic rings. The molecule has 1 aromatic carbocycles. The molecular formula is C11H11NO4. The second-order valence-corrected chi connectivity index (χ2v) is 3.32. The lowest BCUT2D eigenvalue weighted by atomic mass is 10.0. The van der Waals surface area contributed by atoms with E-state index < -0.39 is 4.92 Å². The Morgan fingerprint density at radius 1 is 1.25 bits per heavy atom. The van der Waals surface area contributed by atoms with Crippen LogP contribution in [0.25, 0.3) is 5.57 Å². The Morgan fingerprint density at radius 3 is 2.06 bits per heavy atom. The molecule has 0 aliphatic rings. The highest BCUT2D eigenvalue weighted by Crippen LogP contribution is 2.21. The monoisotopic (exact) mass is 221 g/mol. The van der Waals surface area contributed by atoms with Gasteiger partial charge in [-0.25, -0.2) is 0 Å². The number of nitrogens with zero attached hydrogens (tertiary/aromatic N) is 1. The van der Waals surface area contributed by atoms with E-state index in [1.807, 2.05) is 0 Å². The van der Waals surface area contributed by atoms with Crippen LogP contribution < -0.4 is 0 Å². The Hall–Kier alpha value is -2.17. The number of hydrogen-bond acceptors (Lipinski definition) is 4. The Bertz CT molecular complexity index is 455. The maximum absolute atomic E-state index is 11.3. The van der Waals surface area contributed by atoms with Gasteiger partial charge in [-0.05, 0) is 31.5 Å². The zero-order valence-corrected chi connectivity index (χ0v) is 8.93. The van der Waals surface area contributed by atoms with Crippen molar-refractivity contribution in [2.24, 2.45) is 0 Å². The minimum Gasteiger partial charge on any atom is -0.512 e. The van der Waals surface area contributed by atoms with Crippen molar-refractivity contribution in [2.45, 2.75) is 13.8 Å². The normalized spacial score (nSPS) is 11.9. The quantitative estimate of drug-likeness (QED) is 0.368. The van der Waals surface area contributed by atoms with Gasteiger partial charge in [0.2, 0.25) is 0 Å². The maximum atomic E-state index is 11.3. The van der Waals surface area contributed by atoms with Crippen LogP contribution in [0.3, 0.4) is 0 Å². The fraction of sp³-hybridized carbons (Fsp3) is 0.182. The average molecular weight is 221 g/mol. The number of non-ortho nitro benzene ring substituents is 1. The van der Waals surface area contributed by atoms with Crippen LogP contribution in [-0.4, -0.2) is 15.8 Å². The van der Waals surface area contributed by atoms with Crippen molar-refractivity contribution in [3.63, 3.8) is 0 Å². The lowest BCUT2D eigenvalue weighted by Gasteiger charge is -2.04. The molecule has 5 heteroatoms. The summed E-state index contributed by atoms with van der Waals surface area (Å²) in [6, 6.07) is 5.46. The van der Waals surface area contributed by atoms with Crippen LogP contribution in [0.2, 0.25) is 0 Å². The van der Waals surface area contributed by atoms with Crippen LogP contribution in [0, 0.1) is 10.1 Å². The number of benzene rings is 1. The third-order valence-electron chi connectivity index (χ3n) is 2.08. The summed E-state index contributed by atoms with van der Waals surface area (Å²) in [7, 11) is 0. The Labute approximate surface area is 92.2 Å². The fourth-order valence-electron chi connectivity index (χ4n) is 1.42. The molecule has 0 aromatic heterocycles. The molecule has 0 atom stereocenters. The first-order valence-electron chi connectivity index (χ1n) is 4.59. The molecule has 0 aliphatic carbocycles. The number of allylic oxidation sites excluding steroid dienone is 2. The van der Waals surface area contributed by atoms with Gasteiger partial charge < -0.3 is 5.11 Å². The van der Waals surface area contributed by atoms with Gasteiger partial charge in [0.25, 0.3) is 5.69 Å². The zero-order chi connectivity index (χ0) is 12.3. The number of carbonyl (C=O) groups is 1. The second kappa shape index (κ2) is 4.57. The molecule has 0 fully saturated rings. The van der Waals surface area contributed by atoms with E-state index in [9.17, 15) is 20.0 Å². The summed E-state index contributed by atoms with van der Waals surface area (Å²) >= 11 is 0. The SMILES string of the molecule is CC(=O)/C(=C(/C)O)c1ccc([N+](=O)[O-])cc1. The third-order valence-corrected chi connectivity index (χ3v) is 2.08. The Morgan fingerprint density at radius 2 is 1.75 bits per heavy atom. The molecule has 84 valence electrons. The summed E-state index contributed by atoms with van der Waals surface area (Å²) in [4.78, 5) is 21.2. The molecule has 0 saturated carbocycles. The van der Waals surface area contributed by atoms with E-state index >= 15 is 0 Å². The number of nitro benzene ring substituents is 1. The van der Waals surface area contributed by atoms with Gasteiger partial charge >= 0.3 is 0 Å². The van der Waals surface area contributed by atoms with Gasteiger partial charge in [0.1, 0.15) is 5.76 Å². The molecule has 0 radical (unpaired) electrons. The van der Waals surface area contributed by atoms with Crippen molar-refractivity contribution < 1.29 is 14.8 Å². The number of aliphatic hydroxyl groups is 1. The van der Waals surface area contributed by atoms with Crippen LogP contribution >= 0.6 is 0 Å². The summed E-state index contributed by atoms with van der Waals surface area (Å²) in [6.07, 6.45) is 0. The molecule has 0 amide bonds. The van der Waals surface area contributed by atoms with Crippen molar-refractivity contribution in [3.05, 3.63) is 45.7 Å².